The van der Waals surface area contributed by atoms with E-state index in [0.717, 1.165) is 10.9 Å². The largest absolute Gasteiger partial charge is 0.317 e. The van der Waals surface area contributed by atoms with Crippen molar-refractivity contribution in [3.8, 4) is 0 Å². The maximum absolute atomic E-state index is 13.5. The summed E-state index contributed by atoms with van der Waals surface area (Å²) in [5.74, 6) is -2.26. The van der Waals surface area contributed by atoms with Crippen LogP contribution in [0.15, 0.2) is 60.8 Å². The monoisotopic (exact) mass is 294 g/mol. The second-order valence-electron chi connectivity index (χ2n) is 4.68. The van der Waals surface area contributed by atoms with E-state index in [-0.39, 0.29) is 11.3 Å². The number of hydrogen-bond acceptors (Lipinski definition) is 3. The normalized spacial score (nSPS) is 10.4. The smallest absolute Gasteiger partial charge is 0.296 e. The lowest BCUT2D eigenvalue weighted by Crippen LogP contribution is -2.23. The molecule has 108 valence electrons. The van der Waals surface area contributed by atoms with Gasteiger partial charge in [0.15, 0.2) is 0 Å². The SMILES string of the molecule is O=C(Nc1ccccc1F)C(=O)c1cnc2ccccc2c1. The number of nitrogens with zero attached hydrogens (tertiary/aromatic N) is 1. The van der Waals surface area contributed by atoms with Gasteiger partial charge in [0, 0.05) is 17.1 Å². The van der Waals surface area contributed by atoms with E-state index < -0.39 is 17.5 Å². The number of nitrogens with one attached hydrogen (secondary N) is 1. The van der Waals surface area contributed by atoms with Crippen LogP contribution in [0, 0.1) is 5.82 Å². The molecule has 0 unspecified atom stereocenters. The first-order chi connectivity index (χ1) is 10.6. The summed E-state index contributed by atoms with van der Waals surface area (Å²) >= 11 is 0. The summed E-state index contributed by atoms with van der Waals surface area (Å²) in [5.41, 5.74) is 0.857. The van der Waals surface area contributed by atoms with Gasteiger partial charge in [0.1, 0.15) is 5.82 Å². The van der Waals surface area contributed by atoms with Crippen molar-refractivity contribution in [2.75, 3.05) is 5.32 Å². The summed E-state index contributed by atoms with van der Waals surface area (Å²) in [5, 5.41) is 3.02. The van der Waals surface area contributed by atoms with E-state index in [2.05, 4.69) is 10.3 Å². The van der Waals surface area contributed by atoms with Crippen LogP contribution in [0.25, 0.3) is 10.9 Å². The highest BCUT2D eigenvalue weighted by Crippen LogP contribution is 2.15. The zero-order chi connectivity index (χ0) is 15.5. The van der Waals surface area contributed by atoms with Crippen molar-refractivity contribution >= 4 is 28.3 Å². The van der Waals surface area contributed by atoms with Gasteiger partial charge in [0.2, 0.25) is 0 Å². The number of halogens is 1. The number of anilines is 1. The quantitative estimate of drug-likeness (QED) is 0.596. The zero-order valence-corrected chi connectivity index (χ0v) is 11.4. The average molecular weight is 294 g/mol. The number of amides is 1. The third-order valence-electron chi connectivity index (χ3n) is 3.18. The van der Waals surface area contributed by atoms with Gasteiger partial charge in [0.05, 0.1) is 11.2 Å². The molecule has 0 atom stereocenters. The lowest BCUT2D eigenvalue weighted by molar-refractivity contribution is -0.112. The van der Waals surface area contributed by atoms with Gasteiger partial charge in [-0.3, -0.25) is 14.6 Å². The molecule has 0 aliphatic carbocycles. The minimum atomic E-state index is -0.901. The van der Waals surface area contributed by atoms with E-state index in [1.165, 1.54) is 24.4 Å². The minimum Gasteiger partial charge on any atom is -0.317 e. The highest BCUT2D eigenvalue weighted by atomic mass is 19.1. The molecular weight excluding hydrogens is 283 g/mol. The average Bonchev–Trinajstić information content (AvgIpc) is 2.55. The number of ketones is 1. The van der Waals surface area contributed by atoms with E-state index in [0.29, 0.717) is 0 Å². The molecule has 0 saturated carbocycles. The third kappa shape index (κ3) is 2.69. The molecule has 1 amide bonds. The molecule has 0 aliphatic heterocycles. The van der Waals surface area contributed by atoms with Crippen LogP contribution in [-0.4, -0.2) is 16.7 Å². The minimum absolute atomic E-state index is 0.0328. The number of benzene rings is 2. The predicted octanol–water partition coefficient (Wildman–Crippen LogP) is 3.20. The molecular formula is C17H11FN2O2. The zero-order valence-electron chi connectivity index (χ0n) is 11.4. The number of rotatable bonds is 3. The van der Waals surface area contributed by atoms with Gasteiger partial charge in [0.25, 0.3) is 11.7 Å². The predicted molar refractivity (Wildman–Crippen MR) is 81.1 cm³/mol. The molecule has 0 saturated heterocycles. The first-order valence-electron chi connectivity index (χ1n) is 6.60. The third-order valence-corrected chi connectivity index (χ3v) is 3.18. The van der Waals surface area contributed by atoms with Gasteiger partial charge >= 0.3 is 0 Å². The van der Waals surface area contributed by atoms with Crippen molar-refractivity contribution < 1.29 is 14.0 Å². The summed E-state index contributed by atoms with van der Waals surface area (Å²) in [6, 6.07) is 14.5. The van der Waals surface area contributed by atoms with Crippen LogP contribution < -0.4 is 5.32 Å². The van der Waals surface area contributed by atoms with E-state index in [4.69, 9.17) is 0 Å². The van der Waals surface area contributed by atoms with Gasteiger partial charge < -0.3 is 5.32 Å². The number of carbonyl (C=O) groups excluding carboxylic acids is 2. The van der Waals surface area contributed by atoms with Crippen molar-refractivity contribution in [2.24, 2.45) is 0 Å². The van der Waals surface area contributed by atoms with Crippen molar-refractivity contribution in [2.45, 2.75) is 0 Å². The highest BCUT2D eigenvalue weighted by Gasteiger charge is 2.18. The van der Waals surface area contributed by atoms with Crippen LogP contribution in [0.2, 0.25) is 0 Å². The number of pyridine rings is 1. The van der Waals surface area contributed by atoms with E-state index in [1.807, 2.05) is 18.2 Å². The fourth-order valence-corrected chi connectivity index (χ4v) is 2.07. The van der Waals surface area contributed by atoms with Crippen LogP contribution in [0.1, 0.15) is 10.4 Å². The standard InChI is InChI=1S/C17H11FN2O2/c18-13-6-2-4-8-15(13)20-17(22)16(21)12-9-11-5-1-3-7-14(11)19-10-12/h1-10H,(H,20,22). The maximum Gasteiger partial charge on any atom is 0.296 e. The Labute approximate surface area is 125 Å². The first kappa shape index (κ1) is 13.9. The molecule has 0 fully saturated rings. The summed E-state index contributed by atoms with van der Waals surface area (Å²) in [6.07, 6.45) is 1.34. The Hall–Kier alpha value is -3.08. The summed E-state index contributed by atoms with van der Waals surface area (Å²) in [7, 11) is 0. The lowest BCUT2D eigenvalue weighted by Gasteiger charge is -2.06. The fraction of sp³-hybridized carbons (Fsp3) is 0. The van der Waals surface area contributed by atoms with E-state index in [1.54, 1.807) is 18.2 Å². The van der Waals surface area contributed by atoms with Gasteiger partial charge in [-0.05, 0) is 24.3 Å². The van der Waals surface area contributed by atoms with Crippen LogP contribution in [0.4, 0.5) is 10.1 Å². The number of carbonyl (C=O) groups is 2. The topological polar surface area (TPSA) is 59.1 Å². The molecule has 2 aromatic carbocycles. The fourth-order valence-electron chi connectivity index (χ4n) is 2.07. The molecule has 0 spiro atoms. The second kappa shape index (κ2) is 5.73. The Morgan fingerprint density at radius 3 is 2.55 bits per heavy atom. The Bertz CT molecular complexity index is 877. The number of fused-ring (bicyclic) bond motifs is 1. The molecule has 3 aromatic rings. The number of aromatic nitrogens is 1. The van der Waals surface area contributed by atoms with Crippen LogP contribution in [0.3, 0.4) is 0 Å². The van der Waals surface area contributed by atoms with Crippen LogP contribution in [0.5, 0.6) is 0 Å². The Morgan fingerprint density at radius 1 is 1.00 bits per heavy atom. The molecule has 1 aromatic heterocycles. The molecule has 0 radical (unpaired) electrons. The van der Waals surface area contributed by atoms with E-state index >= 15 is 0 Å². The van der Waals surface area contributed by atoms with E-state index in [9.17, 15) is 14.0 Å². The van der Waals surface area contributed by atoms with Crippen LogP contribution >= 0.6 is 0 Å². The molecule has 3 rings (SSSR count). The Kier molecular flexibility index (Phi) is 3.62. The first-order valence-corrected chi connectivity index (χ1v) is 6.60. The second-order valence-corrected chi connectivity index (χ2v) is 4.68. The number of hydrogen-bond donors (Lipinski definition) is 1. The molecule has 1 heterocycles. The molecule has 4 nitrogen and oxygen atoms in total. The molecule has 22 heavy (non-hydrogen) atoms. The van der Waals surface area contributed by atoms with Crippen molar-refractivity contribution in [1.29, 1.82) is 0 Å². The highest BCUT2D eigenvalue weighted by molar-refractivity contribution is 6.46. The van der Waals surface area contributed by atoms with Gasteiger partial charge in [-0.25, -0.2) is 4.39 Å². The molecule has 0 bridgehead atoms. The van der Waals surface area contributed by atoms with Gasteiger partial charge in [-0.2, -0.15) is 0 Å². The lowest BCUT2D eigenvalue weighted by atomic mass is 10.1. The summed E-state index contributed by atoms with van der Waals surface area (Å²) in [6.45, 7) is 0. The molecule has 0 aliphatic rings. The maximum atomic E-state index is 13.5. The molecule has 1 N–H and O–H groups in total. The summed E-state index contributed by atoms with van der Waals surface area (Å²) in [4.78, 5) is 28.2. The Morgan fingerprint density at radius 2 is 1.73 bits per heavy atom. The van der Waals surface area contributed by atoms with Gasteiger partial charge in [-0.1, -0.05) is 30.3 Å². The summed E-state index contributed by atoms with van der Waals surface area (Å²) < 4.78 is 13.5. The van der Waals surface area contributed by atoms with Crippen molar-refractivity contribution in [3.63, 3.8) is 0 Å². The van der Waals surface area contributed by atoms with Crippen molar-refractivity contribution in [3.05, 3.63) is 72.2 Å². The number of para-hydroxylation sites is 2. The van der Waals surface area contributed by atoms with Gasteiger partial charge in [-0.15, -0.1) is 0 Å². The Balaban J connectivity index is 1.85. The van der Waals surface area contributed by atoms with Crippen LogP contribution in [-0.2, 0) is 4.79 Å². The number of Topliss-reactive ketones (excluding diaryl/α,β-unsaturated/α-hetero) is 1. The molecule has 5 heteroatoms. The van der Waals surface area contributed by atoms with Crippen molar-refractivity contribution in [1.82, 2.24) is 4.98 Å².